The van der Waals surface area contributed by atoms with E-state index in [1.165, 1.54) is 0 Å². The largest absolute Gasteiger partial charge is 0.325 e. The zero-order chi connectivity index (χ0) is 16.1. The molecule has 3 aromatic carbocycles. The number of hydrogen-bond acceptors (Lipinski definition) is 2. The maximum atomic E-state index is 12.2. The molecule has 0 aliphatic rings. The van der Waals surface area contributed by atoms with Gasteiger partial charge < -0.3 is 5.32 Å². The summed E-state index contributed by atoms with van der Waals surface area (Å²) in [6, 6.07) is 21.6. The maximum absolute atomic E-state index is 12.2. The van der Waals surface area contributed by atoms with Gasteiger partial charge in [-0.25, -0.2) is 0 Å². The Labute approximate surface area is 144 Å². The second kappa shape index (κ2) is 7.53. The first-order valence-corrected chi connectivity index (χ1v) is 8.75. The maximum Gasteiger partial charge on any atom is 0.225 e. The number of anilines is 1. The lowest BCUT2D eigenvalue weighted by atomic mass is 10.1. The quantitative estimate of drug-likeness (QED) is 0.611. The van der Waals surface area contributed by atoms with Crippen LogP contribution in [0.3, 0.4) is 0 Å². The number of rotatable bonds is 5. The van der Waals surface area contributed by atoms with Gasteiger partial charge >= 0.3 is 0 Å². The summed E-state index contributed by atoms with van der Waals surface area (Å²) in [5.74, 6) is 0.765. The van der Waals surface area contributed by atoms with Gasteiger partial charge in [0.2, 0.25) is 5.91 Å². The minimum Gasteiger partial charge on any atom is -0.325 e. The van der Waals surface area contributed by atoms with Gasteiger partial charge in [0.1, 0.15) is 0 Å². The number of carbonyl (C=O) groups is 1. The van der Waals surface area contributed by atoms with E-state index in [0.717, 1.165) is 32.1 Å². The smallest absolute Gasteiger partial charge is 0.225 e. The molecule has 0 radical (unpaired) electrons. The molecule has 3 rings (SSSR count). The van der Waals surface area contributed by atoms with Crippen molar-refractivity contribution in [1.82, 2.24) is 0 Å². The molecule has 2 nitrogen and oxygen atoms in total. The number of amides is 1. The van der Waals surface area contributed by atoms with E-state index in [-0.39, 0.29) is 5.91 Å². The van der Waals surface area contributed by atoms with Gasteiger partial charge in [0, 0.05) is 33.2 Å². The zero-order valence-corrected chi connectivity index (χ0v) is 14.0. The van der Waals surface area contributed by atoms with Crippen LogP contribution >= 0.6 is 23.4 Å². The third kappa shape index (κ3) is 4.27. The highest BCUT2D eigenvalue weighted by Crippen LogP contribution is 2.24. The van der Waals surface area contributed by atoms with Crippen molar-refractivity contribution in [2.24, 2.45) is 0 Å². The summed E-state index contributed by atoms with van der Waals surface area (Å²) in [5, 5.41) is 5.92. The van der Waals surface area contributed by atoms with Crippen molar-refractivity contribution in [3.63, 3.8) is 0 Å². The number of carbonyl (C=O) groups excluding carboxylic acids is 1. The molecule has 116 valence electrons. The Hall–Kier alpha value is -1.97. The van der Waals surface area contributed by atoms with Crippen LogP contribution in [-0.4, -0.2) is 11.7 Å². The van der Waals surface area contributed by atoms with Gasteiger partial charge in [-0.15, -0.1) is 11.8 Å². The average Bonchev–Trinajstić information content (AvgIpc) is 2.57. The Morgan fingerprint density at radius 1 is 0.957 bits per heavy atom. The van der Waals surface area contributed by atoms with Crippen molar-refractivity contribution in [1.29, 1.82) is 0 Å². The molecule has 0 unspecified atom stereocenters. The number of hydrogen-bond donors (Lipinski definition) is 1. The van der Waals surface area contributed by atoms with Gasteiger partial charge in [-0.1, -0.05) is 48.0 Å². The van der Waals surface area contributed by atoms with Gasteiger partial charge in [0.25, 0.3) is 0 Å². The topological polar surface area (TPSA) is 29.1 Å². The van der Waals surface area contributed by atoms with Gasteiger partial charge in [0.15, 0.2) is 0 Å². The summed E-state index contributed by atoms with van der Waals surface area (Å²) in [6.07, 6.45) is 0.469. The van der Waals surface area contributed by atoms with E-state index < -0.39 is 0 Å². The molecule has 0 saturated heterocycles. The lowest BCUT2D eigenvalue weighted by Gasteiger charge is -2.08. The van der Waals surface area contributed by atoms with Crippen LogP contribution in [0, 0.1) is 0 Å². The summed E-state index contributed by atoms with van der Waals surface area (Å²) in [7, 11) is 0. The number of benzene rings is 3. The van der Waals surface area contributed by atoms with E-state index >= 15 is 0 Å². The molecule has 3 aromatic rings. The van der Waals surface area contributed by atoms with Crippen molar-refractivity contribution in [3.05, 3.63) is 71.8 Å². The van der Waals surface area contributed by atoms with Crippen LogP contribution in [0.2, 0.25) is 5.02 Å². The van der Waals surface area contributed by atoms with Crippen LogP contribution in [0.25, 0.3) is 10.8 Å². The standard InChI is InChI=1S/C19H16ClNOS/c20-15-8-10-16(11-9-15)23-13-12-19(22)21-18-7-3-5-14-4-1-2-6-17(14)18/h1-11H,12-13H2,(H,21,22). The van der Waals surface area contributed by atoms with E-state index in [9.17, 15) is 4.79 Å². The van der Waals surface area contributed by atoms with Gasteiger partial charge in [-0.05, 0) is 35.7 Å². The Morgan fingerprint density at radius 3 is 2.52 bits per heavy atom. The molecule has 0 aliphatic carbocycles. The summed E-state index contributed by atoms with van der Waals surface area (Å²) >= 11 is 7.51. The average molecular weight is 342 g/mol. The molecule has 0 bridgehead atoms. The van der Waals surface area contributed by atoms with E-state index in [4.69, 9.17) is 11.6 Å². The molecule has 1 amide bonds. The predicted molar refractivity (Wildman–Crippen MR) is 99.4 cm³/mol. The molecular formula is C19H16ClNOS. The predicted octanol–water partition coefficient (Wildman–Crippen LogP) is 5.61. The normalized spacial score (nSPS) is 10.7. The van der Waals surface area contributed by atoms with Crippen LogP contribution < -0.4 is 5.32 Å². The van der Waals surface area contributed by atoms with Crippen molar-refractivity contribution in [2.75, 3.05) is 11.1 Å². The Kier molecular flexibility index (Phi) is 5.21. The van der Waals surface area contributed by atoms with E-state index in [2.05, 4.69) is 5.32 Å². The van der Waals surface area contributed by atoms with Gasteiger partial charge in [-0.2, -0.15) is 0 Å². The number of halogens is 1. The summed E-state index contributed by atoms with van der Waals surface area (Å²) in [6.45, 7) is 0. The summed E-state index contributed by atoms with van der Waals surface area (Å²) in [4.78, 5) is 13.3. The van der Waals surface area contributed by atoms with Crippen LogP contribution in [0.1, 0.15) is 6.42 Å². The first-order valence-electron chi connectivity index (χ1n) is 7.38. The van der Waals surface area contributed by atoms with Crippen molar-refractivity contribution in [2.45, 2.75) is 11.3 Å². The highest BCUT2D eigenvalue weighted by Gasteiger charge is 2.06. The molecule has 1 N–H and O–H groups in total. The fourth-order valence-corrected chi connectivity index (χ4v) is 3.32. The first kappa shape index (κ1) is 15.9. The Balaban J connectivity index is 1.57. The molecule has 4 heteroatoms. The van der Waals surface area contributed by atoms with E-state index in [0.29, 0.717) is 6.42 Å². The highest BCUT2D eigenvalue weighted by atomic mass is 35.5. The van der Waals surface area contributed by atoms with Crippen molar-refractivity contribution >= 4 is 45.7 Å². The fourth-order valence-electron chi connectivity index (χ4n) is 2.34. The van der Waals surface area contributed by atoms with Crippen molar-refractivity contribution < 1.29 is 4.79 Å². The van der Waals surface area contributed by atoms with Crippen LogP contribution in [0.4, 0.5) is 5.69 Å². The third-order valence-corrected chi connectivity index (χ3v) is 4.74. The monoisotopic (exact) mass is 341 g/mol. The molecule has 23 heavy (non-hydrogen) atoms. The molecule has 0 fully saturated rings. The van der Waals surface area contributed by atoms with Crippen LogP contribution in [0.5, 0.6) is 0 Å². The SMILES string of the molecule is O=C(CCSc1ccc(Cl)cc1)Nc1cccc2ccccc12. The summed E-state index contributed by atoms with van der Waals surface area (Å²) < 4.78 is 0. The molecule has 0 atom stereocenters. The minimum absolute atomic E-state index is 0.0304. The lowest BCUT2D eigenvalue weighted by molar-refractivity contribution is -0.115. The van der Waals surface area contributed by atoms with Crippen molar-refractivity contribution in [3.8, 4) is 0 Å². The molecule has 0 aliphatic heterocycles. The van der Waals surface area contributed by atoms with E-state index in [1.807, 2.05) is 66.7 Å². The van der Waals surface area contributed by atoms with Crippen LogP contribution in [-0.2, 0) is 4.79 Å². The second-order valence-corrected chi connectivity index (χ2v) is 6.73. The fraction of sp³-hybridized carbons (Fsp3) is 0.105. The van der Waals surface area contributed by atoms with Gasteiger partial charge in [-0.3, -0.25) is 4.79 Å². The molecule has 0 saturated carbocycles. The Bertz CT molecular complexity index is 812. The number of fused-ring (bicyclic) bond motifs is 1. The Morgan fingerprint density at radius 2 is 1.70 bits per heavy atom. The van der Waals surface area contributed by atoms with E-state index in [1.54, 1.807) is 11.8 Å². The lowest BCUT2D eigenvalue weighted by Crippen LogP contribution is -2.12. The zero-order valence-electron chi connectivity index (χ0n) is 12.5. The second-order valence-electron chi connectivity index (χ2n) is 5.13. The molecule has 0 aromatic heterocycles. The summed E-state index contributed by atoms with van der Waals surface area (Å²) in [5.41, 5.74) is 0.865. The number of thioether (sulfide) groups is 1. The van der Waals surface area contributed by atoms with Gasteiger partial charge in [0.05, 0.1) is 0 Å². The molecule has 0 spiro atoms. The molecule has 0 heterocycles. The number of nitrogens with one attached hydrogen (secondary N) is 1. The minimum atomic E-state index is 0.0304. The highest BCUT2D eigenvalue weighted by molar-refractivity contribution is 7.99. The third-order valence-electron chi connectivity index (χ3n) is 3.48. The first-order chi connectivity index (χ1) is 11.2. The van der Waals surface area contributed by atoms with Crippen LogP contribution in [0.15, 0.2) is 71.6 Å². The molecular weight excluding hydrogens is 326 g/mol.